The molecule has 144 valence electrons. The molecule has 1 aliphatic heterocycles. The molecule has 4 rings (SSSR count). The number of amides is 1. The van der Waals surface area contributed by atoms with Gasteiger partial charge < -0.3 is 9.42 Å². The standard InChI is InChI=1S/C19H13BrF3N3O2/c20-14-7-11(1-2-15(14)23)18-24-19(28-25-18)16-3-4-17(27)26(16)9-10-5-12(21)8-13(22)6-10/h1-2,5-8,16H,3-4,9H2. The van der Waals surface area contributed by atoms with Gasteiger partial charge >= 0.3 is 0 Å². The minimum Gasteiger partial charge on any atom is -0.337 e. The highest BCUT2D eigenvalue weighted by atomic mass is 79.9. The Kier molecular flexibility index (Phi) is 4.92. The summed E-state index contributed by atoms with van der Waals surface area (Å²) in [7, 11) is 0. The number of likely N-dealkylation sites (tertiary alicyclic amines) is 1. The zero-order valence-electron chi connectivity index (χ0n) is 14.3. The van der Waals surface area contributed by atoms with Gasteiger partial charge in [-0.25, -0.2) is 13.2 Å². The molecule has 0 bridgehead atoms. The summed E-state index contributed by atoms with van der Waals surface area (Å²) in [6.45, 7) is 0.0258. The number of rotatable bonds is 4. The van der Waals surface area contributed by atoms with Gasteiger partial charge in [-0.15, -0.1) is 0 Å². The van der Waals surface area contributed by atoms with Crippen LogP contribution in [0.4, 0.5) is 13.2 Å². The molecular formula is C19H13BrF3N3O2. The van der Waals surface area contributed by atoms with Crippen LogP contribution in [0.3, 0.4) is 0 Å². The van der Waals surface area contributed by atoms with E-state index in [0.717, 1.165) is 6.07 Å². The molecule has 0 aliphatic carbocycles. The Hall–Kier alpha value is -2.68. The van der Waals surface area contributed by atoms with Crippen molar-refractivity contribution < 1.29 is 22.5 Å². The average Bonchev–Trinajstić information content (AvgIpc) is 3.24. The number of carbonyl (C=O) groups is 1. The van der Waals surface area contributed by atoms with Gasteiger partial charge in [0, 0.05) is 24.6 Å². The summed E-state index contributed by atoms with van der Waals surface area (Å²) >= 11 is 3.11. The van der Waals surface area contributed by atoms with Gasteiger partial charge in [0.15, 0.2) is 0 Å². The maximum atomic E-state index is 13.5. The molecule has 1 fully saturated rings. The van der Waals surface area contributed by atoms with Crippen LogP contribution < -0.4 is 0 Å². The molecule has 1 atom stereocenters. The number of aromatic nitrogens is 2. The lowest BCUT2D eigenvalue weighted by Crippen LogP contribution is -2.27. The van der Waals surface area contributed by atoms with Crippen molar-refractivity contribution in [2.24, 2.45) is 0 Å². The first-order valence-corrected chi connectivity index (χ1v) is 9.23. The van der Waals surface area contributed by atoms with Crippen molar-refractivity contribution in [3.63, 3.8) is 0 Å². The largest absolute Gasteiger partial charge is 0.337 e. The van der Waals surface area contributed by atoms with E-state index in [1.165, 1.54) is 35.2 Å². The molecule has 1 saturated heterocycles. The van der Waals surface area contributed by atoms with E-state index >= 15 is 0 Å². The number of halogens is 4. The molecule has 0 spiro atoms. The summed E-state index contributed by atoms with van der Waals surface area (Å²) in [4.78, 5) is 18.1. The normalized spacial score (nSPS) is 16.8. The molecule has 0 radical (unpaired) electrons. The Bertz CT molecular complexity index is 1040. The highest BCUT2D eigenvalue weighted by molar-refractivity contribution is 9.10. The molecule has 1 aliphatic rings. The van der Waals surface area contributed by atoms with E-state index in [1.807, 2.05) is 0 Å². The van der Waals surface area contributed by atoms with Crippen molar-refractivity contribution in [2.75, 3.05) is 0 Å². The van der Waals surface area contributed by atoms with Gasteiger partial charge in [0.25, 0.3) is 0 Å². The summed E-state index contributed by atoms with van der Waals surface area (Å²) in [6.07, 6.45) is 0.716. The van der Waals surface area contributed by atoms with Crippen LogP contribution in [-0.2, 0) is 11.3 Å². The van der Waals surface area contributed by atoms with Crippen LogP contribution in [0.15, 0.2) is 45.4 Å². The Morgan fingerprint density at radius 2 is 1.89 bits per heavy atom. The smallest absolute Gasteiger partial charge is 0.249 e. The Morgan fingerprint density at radius 1 is 1.14 bits per heavy atom. The maximum Gasteiger partial charge on any atom is 0.249 e. The summed E-state index contributed by atoms with van der Waals surface area (Å²) < 4.78 is 45.9. The molecule has 3 aromatic rings. The van der Waals surface area contributed by atoms with E-state index in [4.69, 9.17) is 4.52 Å². The summed E-state index contributed by atoms with van der Waals surface area (Å²) in [6, 6.07) is 6.96. The fraction of sp³-hybridized carbons (Fsp3) is 0.211. The van der Waals surface area contributed by atoms with E-state index in [1.54, 1.807) is 0 Å². The summed E-state index contributed by atoms with van der Waals surface area (Å²) in [5, 5.41) is 3.91. The third kappa shape index (κ3) is 3.66. The van der Waals surface area contributed by atoms with Crippen molar-refractivity contribution in [2.45, 2.75) is 25.4 Å². The van der Waals surface area contributed by atoms with Crippen molar-refractivity contribution in [1.29, 1.82) is 0 Å². The number of benzene rings is 2. The van der Waals surface area contributed by atoms with Gasteiger partial charge in [-0.1, -0.05) is 5.16 Å². The Balaban J connectivity index is 1.60. The third-order valence-electron chi connectivity index (χ3n) is 4.51. The van der Waals surface area contributed by atoms with Gasteiger partial charge in [0.2, 0.25) is 17.6 Å². The van der Waals surface area contributed by atoms with Crippen LogP contribution in [-0.4, -0.2) is 20.9 Å². The Labute approximate surface area is 166 Å². The molecule has 28 heavy (non-hydrogen) atoms. The molecule has 1 unspecified atom stereocenters. The average molecular weight is 452 g/mol. The summed E-state index contributed by atoms with van der Waals surface area (Å²) in [5.74, 6) is -1.52. The lowest BCUT2D eigenvalue weighted by Gasteiger charge is -2.22. The number of carbonyl (C=O) groups excluding carboxylic acids is 1. The van der Waals surface area contributed by atoms with Gasteiger partial charge in [-0.3, -0.25) is 4.79 Å². The zero-order valence-corrected chi connectivity index (χ0v) is 15.9. The lowest BCUT2D eigenvalue weighted by molar-refractivity contribution is -0.130. The second kappa shape index (κ2) is 7.38. The SMILES string of the molecule is O=C1CCC(c2nc(-c3ccc(F)c(Br)c3)no2)N1Cc1cc(F)cc(F)c1. The van der Waals surface area contributed by atoms with Crippen molar-refractivity contribution >= 4 is 21.8 Å². The van der Waals surface area contributed by atoms with E-state index in [9.17, 15) is 18.0 Å². The number of hydrogen-bond donors (Lipinski definition) is 0. The molecule has 5 nitrogen and oxygen atoms in total. The maximum absolute atomic E-state index is 13.5. The number of hydrogen-bond acceptors (Lipinski definition) is 4. The second-order valence-corrected chi connectivity index (χ2v) is 7.29. The van der Waals surface area contributed by atoms with Gasteiger partial charge in [0.05, 0.1) is 4.47 Å². The molecule has 0 N–H and O–H groups in total. The van der Waals surface area contributed by atoms with Crippen molar-refractivity contribution in [3.8, 4) is 11.4 Å². The van der Waals surface area contributed by atoms with E-state index < -0.39 is 23.5 Å². The van der Waals surface area contributed by atoms with Crippen LogP contribution in [0, 0.1) is 17.5 Å². The van der Waals surface area contributed by atoms with Gasteiger partial charge in [0.1, 0.15) is 23.5 Å². The number of nitrogens with zero attached hydrogens (tertiary/aromatic N) is 3. The predicted octanol–water partition coefficient (Wildman–Crippen LogP) is 4.78. The molecule has 1 amide bonds. The first-order valence-electron chi connectivity index (χ1n) is 8.44. The molecule has 2 heterocycles. The molecule has 2 aromatic carbocycles. The predicted molar refractivity (Wildman–Crippen MR) is 96.3 cm³/mol. The first kappa shape index (κ1) is 18.7. The minimum atomic E-state index is -0.708. The summed E-state index contributed by atoms with van der Waals surface area (Å²) in [5.41, 5.74) is 0.881. The van der Waals surface area contributed by atoms with Crippen molar-refractivity contribution in [3.05, 3.63) is 69.8 Å². The van der Waals surface area contributed by atoms with Gasteiger partial charge in [-0.2, -0.15) is 4.98 Å². The Morgan fingerprint density at radius 3 is 2.61 bits per heavy atom. The monoisotopic (exact) mass is 451 g/mol. The lowest BCUT2D eigenvalue weighted by atomic mass is 10.1. The zero-order chi connectivity index (χ0) is 19.8. The second-order valence-electron chi connectivity index (χ2n) is 6.44. The highest BCUT2D eigenvalue weighted by Crippen LogP contribution is 2.34. The molecular weight excluding hydrogens is 439 g/mol. The van der Waals surface area contributed by atoms with Crippen LogP contribution in [0.2, 0.25) is 0 Å². The fourth-order valence-electron chi connectivity index (χ4n) is 3.21. The van der Waals surface area contributed by atoms with Gasteiger partial charge in [-0.05, 0) is 58.2 Å². The highest BCUT2D eigenvalue weighted by Gasteiger charge is 2.36. The minimum absolute atomic E-state index is 0.0258. The van der Waals surface area contributed by atoms with Crippen LogP contribution in [0.5, 0.6) is 0 Å². The van der Waals surface area contributed by atoms with E-state index in [2.05, 4.69) is 26.1 Å². The quantitative estimate of drug-likeness (QED) is 0.572. The van der Waals surface area contributed by atoms with E-state index in [-0.39, 0.29) is 35.1 Å². The van der Waals surface area contributed by atoms with Crippen LogP contribution in [0.25, 0.3) is 11.4 Å². The van der Waals surface area contributed by atoms with Crippen molar-refractivity contribution in [1.82, 2.24) is 15.0 Å². The molecule has 1 aromatic heterocycles. The first-order chi connectivity index (χ1) is 13.4. The van der Waals surface area contributed by atoms with Crippen LogP contribution >= 0.6 is 15.9 Å². The van der Waals surface area contributed by atoms with Crippen LogP contribution in [0.1, 0.15) is 30.3 Å². The van der Waals surface area contributed by atoms with E-state index in [0.29, 0.717) is 17.5 Å². The topological polar surface area (TPSA) is 59.2 Å². The third-order valence-corrected chi connectivity index (χ3v) is 5.12. The molecule has 0 saturated carbocycles. The fourth-order valence-corrected chi connectivity index (χ4v) is 3.59. The molecule has 9 heteroatoms.